The Balaban J connectivity index is 1.45. The van der Waals surface area contributed by atoms with Gasteiger partial charge in [-0.05, 0) is 43.3 Å². The molecule has 162 valence electrons. The molecule has 0 aliphatic carbocycles. The number of hydrogen-bond donors (Lipinski definition) is 1. The lowest BCUT2D eigenvalue weighted by Gasteiger charge is -2.08. The lowest BCUT2D eigenvalue weighted by Crippen LogP contribution is -2.14. The summed E-state index contributed by atoms with van der Waals surface area (Å²) in [6.07, 6.45) is 0. The van der Waals surface area contributed by atoms with E-state index in [1.54, 1.807) is 50.4 Å². The van der Waals surface area contributed by atoms with Gasteiger partial charge in [0.25, 0.3) is 11.1 Å². The fraction of sp³-hybridized carbons (Fsp3) is 0.238. The molecule has 31 heavy (non-hydrogen) atoms. The van der Waals surface area contributed by atoms with Gasteiger partial charge in [0.1, 0.15) is 0 Å². The predicted molar refractivity (Wildman–Crippen MR) is 113 cm³/mol. The van der Waals surface area contributed by atoms with Gasteiger partial charge in [-0.3, -0.25) is 4.79 Å². The number of hydrogen-bond acceptors (Lipinski definition) is 9. The molecule has 1 amide bonds. The number of ether oxygens (including phenoxy) is 3. The summed E-state index contributed by atoms with van der Waals surface area (Å²) >= 11 is 1.11. The normalized spacial score (nSPS) is 10.4. The number of thioether (sulfide) groups is 1. The fourth-order valence-corrected chi connectivity index (χ4v) is 3.04. The van der Waals surface area contributed by atoms with Crippen LogP contribution in [-0.4, -0.2) is 41.5 Å². The summed E-state index contributed by atoms with van der Waals surface area (Å²) in [4.78, 5) is 23.8. The number of carbonyl (C=O) groups excluding carboxylic acids is 2. The van der Waals surface area contributed by atoms with Crippen molar-refractivity contribution < 1.29 is 28.2 Å². The topological polar surface area (TPSA) is 113 Å². The summed E-state index contributed by atoms with van der Waals surface area (Å²) in [5, 5.41) is 10.8. The van der Waals surface area contributed by atoms with Crippen LogP contribution in [0.2, 0.25) is 0 Å². The maximum Gasteiger partial charge on any atom is 0.338 e. The van der Waals surface area contributed by atoms with Crippen LogP contribution in [0.1, 0.15) is 23.2 Å². The predicted octanol–water partition coefficient (Wildman–Crippen LogP) is 3.56. The second-order valence-electron chi connectivity index (χ2n) is 6.04. The minimum atomic E-state index is -0.405. The smallest absolute Gasteiger partial charge is 0.338 e. The number of para-hydroxylation sites is 2. The summed E-state index contributed by atoms with van der Waals surface area (Å²) in [6, 6.07) is 13.7. The number of rotatable bonds is 10. The third-order valence-electron chi connectivity index (χ3n) is 3.88. The highest BCUT2D eigenvalue weighted by Gasteiger charge is 2.12. The Bertz CT molecular complexity index is 1020. The molecule has 0 radical (unpaired) electrons. The second-order valence-corrected chi connectivity index (χ2v) is 6.96. The second kappa shape index (κ2) is 11.0. The SMILES string of the molecule is CCOC(=O)c1ccc(NC(=O)CSc2nnc(COc3ccccc3OC)o2)cc1. The molecule has 3 aromatic rings. The Morgan fingerprint density at radius 1 is 1.06 bits per heavy atom. The first-order valence-corrected chi connectivity index (χ1v) is 10.4. The molecule has 0 fully saturated rings. The molecule has 0 aliphatic rings. The maximum atomic E-state index is 12.1. The minimum absolute atomic E-state index is 0.0763. The van der Waals surface area contributed by atoms with Crippen molar-refractivity contribution in [2.75, 3.05) is 24.8 Å². The molecule has 10 heteroatoms. The van der Waals surface area contributed by atoms with Crippen molar-refractivity contribution in [2.24, 2.45) is 0 Å². The summed E-state index contributed by atoms with van der Waals surface area (Å²) < 4.78 is 21.3. The van der Waals surface area contributed by atoms with Crippen molar-refractivity contribution in [1.82, 2.24) is 10.2 Å². The molecule has 0 bridgehead atoms. The molecule has 1 heterocycles. The molecule has 0 unspecified atom stereocenters. The van der Waals surface area contributed by atoms with Gasteiger partial charge in [0.05, 0.1) is 25.0 Å². The largest absolute Gasteiger partial charge is 0.493 e. The molecule has 0 aliphatic heterocycles. The highest BCUT2D eigenvalue weighted by molar-refractivity contribution is 7.99. The highest BCUT2D eigenvalue weighted by atomic mass is 32.2. The molecule has 2 aromatic carbocycles. The molecule has 3 rings (SSSR count). The summed E-state index contributed by atoms with van der Waals surface area (Å²) in [5.41, 5.74) is 0.984. The number of aromatic nitrogens is 2. The van der Waals surface area contributed by atoms with E-state index in [0.29, 0.717) is 29.4 Å². The quantitative estimate of drug-likeness (QED) is 0.371. The van der Waals surface area contributed by atoms with Gasteiger partial charge >= 0.3 is 5.97 Å². The van der Waals surface area contributed by atoms with Gasteiger partial charge in [-0.1, -0.05) is 23.9 Å². The lowest BCUT2D eigenvalue weighted by atomic mass is 10.2. The Hall–Kier alpha value is -3.53. The van der Waals surface area contributed by atoms with E-state index < -0.39 is 5.97 Å². The van der Waals surface area contributed by atoms with Crippen LogP contribution in [0.25, 0.3) is 0 Å². The zero-order chi connectivity index (χ0) is 22.1. The molecule has 0 atom stereocenters. The number of amides is 1. The monoisotopic (exact) mass is 443 g/mol. The van der Waals surface area contributed by atoms with Crippen LogP contribution in [-0.2, 0) is 16.1 Å². The van der Waals surface area contributed by atoms with Crippen molar-refractivity contribution in [1.29, 1.82) is 0 Å². The van der Waals surface area contributed by atoms with Crippen molar-refractivity contribution in [3.63, 3.8) is 0 Å². The van der Waals surface area contributed by atoms with Gasteiger partial charge in [-0.15, -0.1) is 10.2 Å². The Labute approximate surface area is 183 Å². The third-order valence-corrected chi connectivity index (χ3v) is 4.69. The highest BCUT2D eigenvalue weighted by Crippen LogP contribution is 2.27. The number of esters is 1. The number of carbonyl (C=O) groups is 2. The average Bonchev–Trinajstić information content (AvgIpc) is 3.25. The van der Waals surface area contributed by atoms with Crippen molar-refractivity contribution >= 4 is 29.3 Å². The third kappa shape index (κ3) is 6.48. The fourth-order valence-electron chi connectivity index (χ4n) is 2.46. The summed E-state index contributed by atoms with van der Waals surface area (Å²) in [5.74, 6) is 0.865. The van der Waals surface area contributed by atoms with Gasteiger partial charge in [-0.25, -0.2) is 4.79 Å². The number of anilines is 1. The first-order chi connectivity index (χ1) is 15.1. The molecule has 0 saturated carbocycles. The average molecular weight is 443 g/mol. The van der Waals surface area contributed by atoms with Crippen LogP contribution < -0.4 is 14.8 Å². The minimum Gasteiger partial charge on any atom is -0.493 e. The molecular weight excluding hydrogens is 422 g/mol. The van der Waals surface area contributed by atoms with Gasteiger partial charge in [-0.2, -0.15) is 0 Å². The number of benzene rings is 2. The van der Waals surface area contributed by atoms with Crippen LogP contribution in [0.5, 0.6) is 11.5 Å². The molecule has 1 N–H and O–H groups in total. The molecular formula is C21H21N3O6S. The lowest BCUT2D eigenvalue weighted by molar-refractivity contribution is -0.113. The van der Waals surface area contributed by atoms with Gasteiger partial charge < -0.3 is 23.9 Å². The van der Waals surface area contributed by atoms with Gasteiger partial charge in [0.15, 0.2) is 18.1 Å². The zero-order valence-electron chi connectivity index (χ0n) is 17.0. The molecule has 0 saturated heterocycles. The Kier molecular flexibility index (Phi) is 7.88. The van der Waals surface area contributed by atoms with E-state index in [2.05, 4.69) is 15.5 Å². The standard InChI is InChI=1S/C21H21N3O6S/c1-3-28-20(26)14-8-10-15(11-9-14)22-18(25)13-31-21-24-23-19(30-21)12-29-17-7-5-4-6-16(17)27-2/h4-11H,3,12-13H2,1-2H3,(H,22,25). The van der Waals surface area contributed by atoms with Crippen LogP contribution in [0.15, 0.2) is 58.2 Å². The first-order valence-electron chi connectivity index (χ1n) is 9.37. The number of methoxy groups -OCH3 is 1. The van der Waals surface area contributed by atoms with E-state index in [9.17, 15) is 9.59 Å². The van der Waals surface area contributed by atoms with Gasteiger partial charge in [0.2, 0.25) is 5.91 Å². The summed E-state index contributed by atoms with van der Waals surface area (Å²) in [6.45, 7) is 2.12. The van der Waals surface area contributed by atoms with Crippen molar-refractivity contribution in [3.8, 4) is 11.5 Å². The van der Waals surface area contributed by atoms with E-state index in [1.165, 1.54) is 0 Å². The molecule has 0 spiro atoms. The number of nitrogens with zero attached hydrogens (tertiary/aromatic N) is 2. The number of nitrogens with one attached hydrogen (secondary N) is 1. The zero-order valence-corrected chi connectivity index (χ0v) is 17.8. The van der Waals surface area contributed by atoms with Gasteiger partial charge in [0, 0.05) is 5.69 Å². The van der Waals surface area contributed by atoms with E-state index in [1.807, 2.05) is 12.1 Å². The Morgan fingerprint density at radius 2 is 1.81 bits per heavy atom. The molecule has 9 nitrogen and oxygen atoms in total. The maximum absolute atomic E-state index is 12.1. The van der Waals surface area contributed by atoms with Crippen LogP contribution >= 0.6 is 11.8 Å². The van der Waals surface area contributed by atoms with Crippen LogP contribution in [0.4, 0.5) is 5.69 Å². The van der Waals surface area contributed by atoms with Crippen molar-refractivity contribution in [3.05, 3.63) is 60.0 Å². The molecule has 1 aromatic heterocycles. The van der Waals surface area contributed by atoms with Crippen molar-refractivity contribution in [2.45, 2.75) is 18.8 Å². The first kappa shape index (κ1) is 22.2. The van der Waals surface area contributed by atoms with E-state index in [0.717, 1.165) is 11.8 Å². The summed E-state index contributed by atoms with van der Waals surface area (Å²) in [7, 11) is 1.56. The van der Waals surface area contributed by atoms with Crippen LogP contribution in [0, 0.1) is 0 Å². The van der Waals surface area contributed by atoms with E-state index in [-0.39, 0.29) is 29.4 Å². The van der Waals surface area contributed by atoms with E-state index in [4.69, 9.17) is 18.6 Å². The Morgan fingerprint density at radius 3 is 2.52 bits per heavy atom. The van der Waals surface area contributed by atoms with E-state index >= 15 is 0 Å². The van der Waals surface area contributed by atoms with Crippen LogP contribution in [0.3, 0.4) is 0 Å².